The molecule has 0 radical (unpaired) electrons. The smallest absolute Gasteiger partial charge is 0.119 e. The molecular weight excluding hydrogens is 128 g/mol. The molecule has 0 atom stereocenters. The maximum absolute atomic E-state index is 3.94. The zero-order valence-electron chi connectivity index (χ0n) is 5.65. The summed E-state index contributed by atoms with van der Waals surface area (Å²) >= 11 is 0. The first-order chi connectivity index (χ1) is 4.89. The highest BCUT2D eigenvalue weighted by Crippen LogP contribution is 1.73. The minimum atomic E-state index is 0.748. The van der Waals surface area contributed by atoms with Gasteiger partial charge in [-0.25, -0.2) is 4.98 Å². The number of nitrogens with zero attached hydrogens (tertiary/aromatic N) is 3. The molecule has 0 unspecified atom stereocenters. The average Bonchev–Trinajstić information content (AvgIpc) is 2.02. The van der Waals surface area contributed by atoms with E-state index >= 15 is 0 Å². The standard InChI is InChI=1S/C6H8N4/c1-6-8-4-2-7-3-5-9-10-6/h2-5H,1H3,(H,8,10). The summed E-state index contributed by atoms with van der Waals surface area (Å²) in [5.74, 6) is 0.748. The van der Waals surface area contributed by atoms with Crippen LogP contribution in [0.5, 0.6) is 0 Å². The van der Waals surface area contributed by atoms with E-state index in [2.05, 4.69) is 20.2 Å². The summed E-state index contributed by atoms with van der Waals surface area (Å²) in [4.78, 5) is 7.76. The van der Waals surface area contributed by atoms with Crippen molar-refractivity contribution in [1.82, 2.24) is 20.2 Å². The summed E-state index contributed by atoms with van der Waals surface area (Å²) in [6.45, 7) is 1.83. The van der Waals surface area contributed by atoms with Gasteiger partial charge in [0.2, 0.25) is 0 Å². The van der Waals surface area contributed by atoms with E-state index in [9.17, 15) is 0 Å². The largest absolute Gasteiger partial charge is 0.265 e. The Morgan fingerprint density at radius 3 is 2.90 bits per heavy atom. The topological polar surface area (TPSA) is 54.5 Å². The Kier molecular flexibility index (Phi) is 2.37. The summed E-state index contributed by atoms with van der Waals surface area (Å²) in [5.41, 5.74) is 0. The van der Waals surface area contributed by atoms with Crippen LogP contribution >= 0.6 is 0 Å². The monoisotopic (exact) mass is 136 g/mol. The second-order valence-electron chi connectivity index (χ2n) is 1.70. The average molecular weight is 136 g/mol. The summed E-state index contributed by atoms with van der Waals surface area (Å²) < 4.78 is 0. The van der Waals surface area contributed by atoms with Crippen molar-refractivity contribution in [1.29, 1.82) is 0 Å². The maximum atomic E-state index is 3.94. The molecule has 0 saturated heterocycles. The van der Waals surface area contributed by atoms with Crippen LogP contribution in [0.15, 0.2) is 24.8 Å². The summed E-state index contributed by atoms with van der Waals surface area (Å²) in [6.07, 6.45) is 6.35. The van der Waals surface area contributed by atoms with Crippen LogP contribution in [-0.2, 0) is 0 Å². The second-order valence-corrected chi connectivity index (χ2v) is 1.70. The molecule has 1 N–H and O–H groups in total. The van der Waals surface area contributed by atoms with Crippen LogP contribution in [0.4, 0.5) is 0 Å². The molecule has 0 aliphatic heterocycles. The third-order valence-electron chi connectivity index (χ3n) is 0.875. The van der Waals surface area contributed by atoms with Crippen molar-refractivity contribution in [2.24, 2.45) is 0 Å². The lowest BCUT2D eigenvalue weighted by atomic mass is 10.7. The van der Waals surface area contributed by atoms with Crippen molar-refractivity contribution in [3.8, 4) is 0 Å². The molecule has 0 fully saturated rings. The summed E-state index contributed by atoms with van der Waals surface area (Å²) in [7, 11) is 0. The fourth-order valence-electron chi connectivity index (χ4n) is 0.465. The number of hydrogen-bond acceptors (Lipinski definition) is 3. The minimum absolute atomic E-state index is 0.748. The Morgan fingerprint density at radius 1 is 1.20 bits per heavy atom. The van der Waals surface area contributed by atoms with Crippen LogP contribution in [0.25, 0.3) is 0 Å². The van der Waals surface area contributed by atoms with E-state index in [0.717, 1.165) is 5.82 Å². The van der Waals surface area contributed by atoms with Gasteiger partial charge in [-0.05, 0) is 6.92 Å². The van der Waals surface area contributed by atoms with Gasteiger partial charge in [-0.15, -0.1) is 0 Å². The zero-order chi connectivity index (χ0) is 7.23. The predicted molar refractivity (Wildman–Crippen MR) is 36.5 cm³/mol. The van der Waals surface area contributed by atoms with E-state index in [0.29, 0.717) is 0 Å². The normalized spacial score (nSPS) is 8.50. The van der Waals surface area contributed by atoms with Gasteiger partial charge in [0.15, 0.2) is 0 Å². The molecule has 1 rings (SSSR count). The van der Waals surface area contributed by atoms with E-state index in [4.69, 9.17) is 0 Å². The molecule has 1 heterocycles. The van der Waals surface area contributed by atoms with Gasteiger partial charge in [0, 0.05) is 18.6 Å². The molecule has 52 valence electrons. The van der Waals surface area contributed by atoms with Crippen molar-refractivity contribution in [3.05, 3.63) is 30.6 Å². The predicted octanol–water partition coefficient (Wildman–Crippen LogP) is 0.633. The number of rotatable bonds is 0. The highest BCUT2D eigenvalue weighted by molar-refractivity contribution is 4.74. The lowest BCUT2D eigenvalue weighted by molar-refractivity contribution is 0.944. The van der Waals surface area contributed by atoms with E-state index in [1.165, 1.54) is 0 Å². The molecule has 0 aromatic carbocycles. The van der Waals surface area contributed by atoms with Gasteiger partial charge in [-0.1, -0.05) is 0 Å². The van der Waals surface area contributed by atoms with Gasteiger partial charge in [-0.2, -0.15) is 5.10 Å². The third kappa shape index (κ3) is 2.21. The number of hydrogen-bond donors (Lipinski definition) is 1. The van der Waals surface area contributed by atoms with Gasteiger partial charge >= 0.3 is 0 Å². The fraction of sp³-hybridized carbons (Fsp3) is 0.167. The highest BCUT2D eigenvalue weighted by atomic mass is 15.1. The van der Waals surface area contributed by atoms with Crippen molar-refractivity contribution in [3.63, 3.8) is 0 Å². The molecule has 10 heavy (non-hydrogen) atoms. The van der Waals surface area contributed by atoms with Crippen molar-refractivity contribution >= 4 is 0 Å². The van der Waals surface area contributed by atoms with Gasteiger partial charge < -0.3 is 0 Å². The van der Waals surface area contributed by atoms with Gasteiger partial charge in [0.1, 0.15) is 5.82 Å². The lowest BCUT2D eigenvalue weighted by Gasteiger charge is -1.78. The molecule has 4 nitrogen and oxygen atoms in total. The minimum Gasteiger partial charge on any atom is -0.265 e. The Hall–Kier alpha value is -1.45. The van der Waals surface area contributed by atoms with Crippen molar-refractivity contribution in [2.45, 2.75) is 6.92 Å². The molecule has 0 saturated carbocycles. The van der Waals surface area contributed by atoms with Crippen molar-refractivity contribution in [2.75, 3.05) is 0 Å². The number of aryl methyl sites for hydroxylation is 1. The molecule has 0 spiro atoms. The first-order valence-corrected chi connectivity index (χ1v) is 2.90. The molecule has 1 aromatic heterocycles. The first-order valence-electron chi connectivity index (χ1n) is 2.90. The Balaban J connectivity index is 3.13. The Bertz CT molecular complexity index is 217. The van der Waals surface area contributed by atoms with Crippen LogP contribution in [0.3, 0.4) is 0 Å². The van der Waals surface area contributed by atoms with Crippen molar-refractivity contribution < 1.29 is 0 Å². The van der Waals surface area contributed by atoms with Crippen LogP contribution < -0.4 is 0 Å². The Morgan fingerprint density at radius 2 is 2.00 bits per heavy atom. The van der Waals surface area contributed by atoms with Crippen LogP contribution in [0, 0.1) is 6.92 Å². The van der Waals surface area contributed by atoms with Crippen LogP contribution in [0.1, 0.15) is 5.82 Å². The zero-order valence-corrected chi connectivity index (χ0v) is 5.65. The molecule has 0 aliphatic carbocycles. The summed E-state index contributed by atoms with van der Waals surface area (Å²) in [6, 6.07) is 0. The first kappa shape index (κ1) is 6.67. The Labute approximate surface area is 58.7 Å². The SMILES string of the molecule is Cc1nccnccn[nH]1. The van der Waals surface area contributed by atoms with E-state index in [1.54, 1.807) is 24.8 Å². The fourth-order valence-corrected chi connectivity index (χ4v) is 0.465. The maximum Gasteiger partial charge on any atom is 0.119 e. The number of aromatic nitrogens is 4. The van der Waals surface area contributed by atoms with Gasteiger partial charge in [0.25, 0.3) is 0 Å². The molecule has 0 amide bonds. The summed E-state index contributed by atoms with van der Waals surface area (Å²) in [5, 5.41) is 6.48. The molecular formula is C6H8N4. The molecule has 4 heteroatoms. The van der Waals surface area contributed by atoms with E-state index in [1.807, 2.05) is 6.92 Å². The van der Waals surface area contributed by atoms with Gasteiger partial charge in [-0.3, -0.25) is 10.1 Å². The molecule has 0 bridgehead atoms. The third-order valence-corrected chi connectivity index (χ3v) is 0.875. The van der Waals surface area contributed by atoms with Crippen LogP contribution in [0.2, 0.25) is 0 Å². The molecule has 0 aliphatic rings. The van der Waals surface area contributed by atoms with Crippen LogP contribution in [-0.4, -0.2) is 20.2 Å². The highest BCUT2D eigenvalue weighted by Gasteiger charge is 1.71. The quantitative estimate of drug-likeness (QED) is 0.569. The van der Waals surface area contributed by atoms with E-state index < -0.39 is 0 Å². The lowest BCUT2D eigenvalue weighted by Crippen LogP contribution is -1.80. The number of nitrogens with one attached hydrogen (secondary N) is 1. The number of H-pyrrole nitrogens is 1. The van der Waals surface area contributed by atoms with Gasteiger partial charge in [0.05, 0.1) is 6.20 Å². The van der Waals surface area contributed by atoms with E-state index in [-0.39, 0.29) is 0 Å². The second kappa shape index (κ2) is 3.55. The molecule has 1 aromatic rings. The number of aromatic amines is 1.